The summed E-state index contributed by atoms with van der Waals surface area (Å²) in [6, 6.07) is 13.7. The maximum absolute atomic E-state index is 13.4. The summed E-state index contributed by atoms with van der Waals surface area (Å²) in [6.07, 6.45) is -4.48. The van der Waals surface area contributed by atoms with E-state index >= 15 is 0 Å². The number of nitrogens with one attached hydrogen (secondary N) is 2. The fraction of sp³-hybridized carbons (Fsp3) is 0.0870. The third-order valence-corrected chi connectivity index (χ3v) is 7.56. The molecule has 4 N–H and O–H groups in total. The molecule has 0 aliphatic carbocycles. The number of hydrogen-bond donors (Lipinski definition) is 3. The zero-order valence-electron chi connectivity index (χ0n) is 18.9. The fourth-order valence-corrected chi connectivity index (χ4v) is 5.97. The van der Waals surface area contributed by atoms with Gasteiger partial charge in [-0.25, -0.2) is 13.6 Å². The molecule has 3 aromatic carbocycles. The van der Waals surface area contributed by atoms with E-state index in [4.69, 9.17) is 17.4 Å². The highest BCUT2D eigenvalue weighted by molar-refractivity contribution is 9.11. The lowest BCUT2D eigenvalue weighted by molar-refractivity contribution is -0.137. The molecular weight excluding hydrogens is 675 g/mol. The molecule has 0 radical (unpaired) electrons. The molecule has 38 heavy (non-hydrogen) atoms. The van der Waals surface area contributed by atoms with Gasteiger partial charge in [0.2, 0.25) is 10.0 Å². The summed E-state index contributed by atoms with van der Waals surface area (Å²) in [4.78, 5) is 14.6. The normalized spacial score (nSPS) is 14.5. The van der Waals surface area contributed by atoms with Crippen LogP contribution in [0.5, 0.6) is 0 Å². The molecule has 1 aliphatic rings. The Morgan fingerprint density at radius 3 is 2.37 bits per heavy atom. The van der Waals surface area contributed by atoms with E-state index in [-0.39, 0.29) is 28.0 Å². The fourth-order valence-electron chi connectivity index (χ4n) is 3.68. The number of nitrogens with two attached hydrogens (primary N) is 1. The molecular formula is C23H16Br2F3N5O3S2. The van der Waals surface area contributed by atoms with Gasteiger partial charge in [0, 0.05) is 14.5 Å². The van der Waals surface area contributed by atoms with Gasteiger partial charge in [-0.3, -0.25) is 10.2 Å². The predicted octanol–water partition coefficient (Wildman–Crippen LogP) is 5.12. The van der Waals surface area contributed by atoms with Crippen molar-refractivity contribution >= 4 is 82.2 Å². The average molecular weight is 691 g/mol. The topological polar surface area (TPSA) is 117 Å². The van der Waals surface area contributed by atoms with Crippen molar-refractivity contribution in [3.05, 3.63) is 86.3 Å². The molecule has 1 aliphatic heterocycles. The van der Waals surface area contributed by atoms with Crippen LogP contribution in [0.3, 0.4) is 0 Å². The molecule has 0 spiro atoms. The second-order valence-corrected chi connectivity index (χ2v) is 11.6. The Hall–Kier alpha value is -2.85. The van der Waals surface area contributed by atoms with Crippen LogP contribution in [0.4, 0.5) is 24.5 Å². The number of carbonyl (C=O) groups excluding carboxylic acids is 1. The van der Waals surface area contributed by atoms with Crippen molar-refractivity contribution in [2.75, 3.05) is 10.2 Å². The first kappa shape index (κ1) is 28.2. The van der Waals surface area contributed by atoms with Crippen LogP contribution in [0, 0.1) is 0 Å². The Labute approximate surface area is 237 Å². The van der Waals surface area contributed by atoms with Crippen molar-refractivity contribution in [3.8, 4) is 0 Å². The van der Waals surface area contributed by atoms with Gasteiger partial charge in [-0.2, -0.15) is 18.3 Å². The van der Waals surface area contributed by atoms with E-state index < -0.39 is 27.7 Å². The number of benzene rings is 3. The first-order valence-corrected chi connectivity index (χ1v) is 14.0. The van der Waals surface area contributed by atoms with Crippen LogP contribution >= 0.6 is 44.1 Å². The number of hydrogen-bond acceptors (Lipinski definition) is 5. The van der Waals surface area contributed by atoms with Crippen molar-refractivity contribution in [3.63, 3.8) is 0 Å². The number of amides is 1. The summed E-state index contributed by atoms with van der Waals surface area (Å²) in [5.41, 5.74) is 3.21. The summed E-state index contributed by atoms with van der Waals surface area (Å²) in [7, 11) is -4.04. The van der Waals surface area contributed by atoms with Gasteiger partial charge in [0.15, 0.2) is 10.8 Å². The van der Waals surface area contributed by atoms with Crippen LogP contribution < -0.4 is 20.8 Å². The van der Waals surface area contributed by atoms with E-state index in [1.807, 2.05) is 0 Å². The van der Waals surface area contributed by atoms with Crippen molar-refractivity contribution in [1.82, 2.24) is 5.43 Å². The van der Waals surface area contributed by atoms with Crippen LogP contribution in [-0.4, -0.2) is 25.1 Å². The summed E-state index contributed by atoms with van der Waals surface area (Å²) in [5, 5.41) is 12.0. The third-order valence-electron chi connectivity index (χ3n) is 5.33. The maximum atomic E-state index is 13.4. The van der Waals surface area contributed by atoms with Crippen LogP contribution in [-0.2, 0) is 27.5 Å². The highest BCUT2D eigenvalue weighted by Gasteiger charge is 2.37. The lowest BCUT2D eigenvalue weighted by Crippen LogP contribution is -2.32. The van der Waals surface area contributed by atoms with E-state index in [0.29, 0.717) is 25.8 Å². The van der Waals surface area contributed by atoms with Gasteiger partial charge in [-0.15, -0.1) is 0 Å². The van der Waals surface area contributed by atoms with Crippen molar-refractivity contribution < 1.29 is 26.4 Å². The van der Waals surface area contributed by atoms with Crippen LogP contribution in [0.25, 0.3) is 0 Å². The lowest BCUT2D eigenvalue weighted by Gasteiger charge is -2.19. The monoisotopic (exact) mass is 689 g/mol. The summed E-state index contributed by atoms with van der Waals surface area (Å²) in [6.45, 7) is -0.0202. The lowest BCUT2D eigenvalue weighted by atomic mass is 10.1. The minimum Gasteiger partial charge on any atom is -0.330 e. The van der Waals surface area contributed by atoms with Gasteiger partial charge in [-0.1, -0.05) is 40.2 Å². The first-order valence-electron chi connectivity index (χ1n) is 10.5. The molecule has 8 nitrogen and oxygen atoms in total. The quantitative estimate of drug-likeness (QED) is 0.253. The van der Waals surface area contributed by atoms with Crippen molar-refractivity contribution in [2.24, 2.45) is 10.2 Å². The summed E-state index contributed by atoms with van der Waals surface area (Å²) >= 11 is 12.0. The third kappa shape index (κ3) is 6.07. The number of rotatable bonds is 5. The Kier molecular flexibility index (Phi) is 7.95. The second kappa shape index (κ2) is 10.7. The SMILES string of the molecule is NS(=O)(=O)c1ccccc1NC(=S)NN=C1C(=O)N(Cc2ccc(C(F)(F)F)cc2)c2c(Br)cc(Br)cc21. The molecule has 0 unspecified atom stereocenters. The zero-order valence-corrected chi connectivity index (χ0v) is 23.7. The molecule has 1 amide bonds. The number of alkyl halides is 3. The molecule has 4 rings (SSSR count). The first-order chi connectivity index (χ1) is 17.8. The van der Waals surface area contributed by atoms with E-state index in [2.05, 4.69) is 47.7 Å². The maximum Gasteiger partial charge on any atom is 0.416 e. The molecule has 3 aromatic rings. The number of thiocarbonyl (C=S) groups is 1. The van der Waals surface area contributed by atoms with E-state index in [9.17, 15) is 26.4 Å². The van der Waals surface area contributed by atoms with Gasteiger partial charge < -0.3 is 10.2 Å². The van der Waals surface area contributed by atoms with Gasteiger partial charge in [-0.05, 0) is 70.1 Å². The highest BCUT2D eigenvalue weighted by Crippen LogP contribution is 2.40. The number of carbonyl (C=O) groups is 1. The molecule has 198 valence electrons. The molecule has 0 atom stereocenters. The number of halogens is 5. The molecule has 1 heterocycles. The largest absolute Gasteiger partial charge is 0.416 e. The zero-order chi connectivity index (χ0) is 27.8. The Bertz CT molecular complexity index is 1580. The predicted molar refractivity (Wildman–Crippen MR) is 148 cm³/mol. The van der Waals surface area contributed by atoms with E-state index in [1.165, 1.54) is 35.2 Å². The number of fused-ring (bicyclic) bond motifs is 1. The number of hydrazone groups is 1. The molecule has 0 bridgehead atoms. The van der Waals surface area contributed by atoms with Gasteiger partial charge in [0.25, 0.3) is 5.91 Å². The molecule has 0 fully saturated rings. The Morgan fingerprint density at radius 1 is 1.08 bits per heavy atom. The van der Waals surface area contributed by atoms with E-state index in [0.717, 1.165) is 12.1 Å². The van der Waals surface area contributed by atoms with Gasteiger partial charge >= 0.3 is 6.18 Å². The molecule has 15 heteroatoms. The smallest absolute Gasteiger partial charge is 0.330 e. The van der Waals surface area contributed by atoms with Crippen molar-refractivity contribution in [1.29, 1.82) is 0 Å². The standard InChI is InChI=1S/C23H16Br2F3N5O3S2/c24-14-9-15-19(31-32-22(37)30-17-3-1-2-4-18(17)38(29,35)36)21(34)33(20(15)16(25)10-14)11-12-5-7-13(8-6-12)23(26,27)28/h1-10H,11H2,(H2,29,35,36)(H2,30,32,37). The number of para-hydroxylation sites is 1. The Balaban J connectivity index is 1.61. The number of nitrogens with zero attached hydrogens (tertiary/aromatic N) is 2. The van der Waals surface area contributed by atoms with Gasteiger partial charge in [0.1, 0.15) is 4.90 Å². The summed E-state index contributed by atoms with van der Waals surface area (Å²) < 4.78 is 63.7. The average Bonchev–Trinajstić information content (AvgIpc) is 3.07. The highest BCUT2D eigenvalue weighted by atomic mass is 79.9. The number of primary sulfonamides is 1. The summed E-state index contributed by atoms with van der Waals surface area (Å²) in [5.74, 6) is -0.529. The van der Waals surface area contributed by atoms with Crippen LogP contribution in [0.15, 0.2) is 79.6 Å². The minimum absolute atomic E-state index is 0.0159. The second-order valence-electron chi connectivity index (χ2n) is 7.94. The number of sulfonamides is 1. The van der Waals surface area contributed by atoms with E-state index in [1.54, 1.807) is 18.2 Å². The molecule has 0 saturated carbocycles. The van der Waals surface area contributed by atoms with Crippen LogP contribution in [0.1, 0.15) is 16.7 Å². The molecule has 0 aromatic heterocycles. The number of anilines is 2. The minimum atomic E-state index is -4.48. The Morgan fingerprint density at radius 2 is 1.74 bits per heavy atom. The van der Waals surface area contributed by atoms with Gasteiger partial charge in [0.05, 0.1) is 23.5 Å². The molecule has 0 saturated heterocycles. The van der Waals surface area contributed by atoms with Crippen molar-refractivity contribution in [2.45, 2.75) is 17.6 Å². The van der Waals surface area contributed by atoms with Crippen LogP contribution in [0.2, 0.25) is 0 Å².